The van der Waals surface area contributed by atoms with Crippen LogP contribution in [-0.2, 0) is 6.42 Å². The highest BCUT2D eigenvalue weighted by Gasteiger charge is 2.08. The number of benzene rings is 1. The molecule has 0 heterocycles. The molecule has 1 aromatic rings. The van der Waals surface area contributed by atoms with E-state index in [0.29, 0.717) is 18.4 Å². The van der Waals surface area contributed by atoms with Crippen molar-refractivity contribution >= 4 is 0 Å². The molecule has 0 saturated heterocycles. The predicted molar refractivity (Wildman–Crippen MR) is 48.2 cm³/mol. The molecule has 0 fully saturated rings. The van der Waals surface area contributed by atoms with E-state index in [0.717, 1.165) is 5.56 Å². The summed E-state index contributed by atoms with van der Waals surface area (Å²) in [5.74, 6) is -0.882. The summed E-state index contributed by atoms with van der Waals surface area (Å²) >= 11 is 0. The molecule has 2 nitrogen and oxygen atoms in total. The molecule has 72 valence electrons. The lowest BCUT2D eigenvalue weighted by atomic mass is 10.0. The summed E-state index contributed by atoms with van der Waals surface area (Å²) in [6, 6.07) is 2.87. The van der Waals surface area contributed by atoms with Crippen LogP contribution in [0.15, 0.2) is 12.1 Å². The first kappa shape index (κ1) is 9.99. The van der Waals surface area contributed by atoms with Crippen LogP contribution in [0.4, 0.5) is 4.39 Å². The number of rotatable bonds is 3. The summed E-state index contributed by atoms with van der Waals surface area (Å²) in [5, 5.41) is 18.0. The minimum Gasteiger partial charge on any atom is -0.505 e. The van der Waals surface area contributed by atoms with Crippen LogP contribution < -0.4 is 0 Å². The van der Waals surface area contributed by atoms with Gasteiger partial charge in [0.05, 0.1) is 0 Å². The zero-order valence-corrected chi connectivity index (χ0v) is 7.55. The monoisotopic (exact) mass is 184 g/mol. The van der Waals surface area contributed by atoms with Gasteiger partial charge >= 0.3 is 0 Å². The van der Waals surface area contributed by atoms with Gasteiger partial charge in [0.25, 0.3) is 0 Å². The Labute approximate surface area is 76.6 Å². The minimum atomic E-state index is -0.599. The lowest BCUT2D eigenvalue weighted by molar-refractivity contribution is 0.287. The molecule has 0 bridgehead atoms. The maximum absolute atomic E-state index is 12.9. The van der Waals surface area contributed by atoms with Gasteiger partial charge in [0.2, 0.25) is 0 Å². The fraction of sp³-hybridized carbons (Fsp3) is 0.400. The van der Waals surface area contributed by atoms with Gasteiger partial charge in [0.1, 0.15) is 0 Å². The topological polar surface area (TPSA) is 40.5 Å². The van der Waals surface area contributed by atoms with Crippen LogP contribution in [0.2, 0.25) is 0 Å². The maximum atomic E-state index is 12.9. The van der Waals surface area contributed by atoms with E-state index in [-0.39, 0.29) is 12.4 Å². The van der Waals surface area contributed by atoms with E-state index in [2.05, 4.69) is 0 Å². The van der Waals surface area contributed by atoms with Crippen LogP contribution in [0, 0.1) is 12.7 Å². The van der Waals surface area contributed by atoms with Gasteiger partial charge in [-0.15, -0.1) is 0 Å². The lowest BCUT2D eigenvalue weighted by Crippen LogP contribution is -1.95. The van der Waals surface area contributed by atoms with Gasteiger partial charge in [-0.25, -0.2) is 4.39 Å². The molecule has 0 radical (unpaired) electrons. The molecule has 1 rings (SSSR count). The number of aryl methyl sites for hydroxylation is 1. The molecule has 0 unspecified atom stereocenters. The van der Waals surface area contributed by atoms with Crippen molar-refractivity contribution in [3.63, 3.8) is 0 Å². The van der Waals surface area contributed by atoms with E-state index >= 15 is 0 Å². The summed E-state index contributed by atoms with van der Waals surface area (Å²) in [7, 11) is 0. The van der Waals surface area contributed by atoms with E-state index in [1.165, 1.54) is 6.07 Å². The average Bonchev–Trinajstić information content (AvgIpc) is 2.12. The number of aliphatic hydroxyl groups excluding tert-OH is 1. The van der Waals surface area contributed by atoms with E-state index in [9.17, 15) is 9.50 Å². The molecule has 0 aliphatic carbocycles. The smallest absolute Gasteiger partial charge is 0.165 e. The van der Waals surface area contributed by atoms with Crippen molar-refractivity contribution in [2.45, 2.75) is 19.8 Å². The van der Waals surface area contributed by atoms with Crippen molar-refractivity contribution in [3.8, 4) is 5.75 Å². The standard InChI is InChI=1S/C10H13FO2/c1-7-4-5-9(11)10(13)8(7)3-2-6-12/h4-5,12-13H,2-3,6H2,1H3. The Bertz CT molecular complexity index is 297. The van der Waals surface area contributed by atoms with Crippen molar-refractivity contribution < 1.29 is 14.6 Å². The first-order valence-electron chi connectivity index (χ1n) is 4.24. The van der Waals surface area contributed by atoms with Gasteiger partial charge in [-0.05, 0) is 37.0 Å². The number of phenols is 1. The summed E-state index contributed by atoms with van der Waals surface area (Å²) < 4.78 is 12.9. The summed E-state index contributed by atoms with van der Waals surface area (Å²) in [6.45, 7) is 1.86. The Morgan fingerprint density at radius 3 is 2.69 bits per heavy atom. The number of hydrogen-bond acceptors (Lipinski definition) is 2. The predicted octanol–water partition coefficient (Wildman–Crippen LogP) is 1.76. The van der Waals surface area contributed by atoms with Gasteiger partial charge in [0.15, 0.2) is 11.6 Å². The second-order valence-electron chi connectivity index (χ2n) is 3.02. The Balaban J connectivity index is 2.96. The lowest BCUT2D eigenvalue weighted by Gasteiger charge is -2.07. The van der Waals surface area contributed by atoms with E-state index in [4.69, 9.17) is 5.11 Å². The maximum Gasteiger partial charge on any atom is 0.165 e. The van der Waals surface area contributed by atoms with Crippen molar-refractivity contribution in [2.24, 2.45) is 0 Å². The number of aromatic hydroxyl groups is 1. The second kappa shape index (κ2) is 4.23. The molecule has 0 amide bonds. The average molecular weight is 184 g/mol. The largest absolute Gasteiger partial charge is 0.505 e. The molecule has 2 N–H and O–H groups in total. The van der Waals surface area contributed by atoms with Crippen molar-refractivity contribution in [1.29, 1.82) is 0 Å². The molecular formula is C10H13FO2. The number of hydrogen-bond donors (Lipinski definition) is 2. The molecule has 1 aromatic carbocycles. The van der Waals surface area contributed by atoms with Gasteiger partial charge < -0.3 is 10.2 Å². The van der Waals surface area contributed by atoms with Crippen LogP contribution in [0.5, 0.6) is 5.75 Å². The molecule has 0 aliphatic heterocycles. The van der Waals surface area contributed by atoms with Gasteiger partial charge in [-0.1, -0.05) is 6.07 Å². The van der Waals surface area contributed by atoms with Gasteiger partial charge in [-0.3, -0.25) is 0 Å². The quantitative estimate of drug-likeness (QED) is 0.751. The van der Waals surface area contributed by atoms with Crippen LogP contribution in [0.1, 0.15) is 17.5 Å². The Hall–Kier alpha value is -1.09. The minimum absolute atomic E-state index is 0.0510. The third kappa shape index (κ3) is 2.18. The van der Waals surface area contributed by atoms with Crippen molar-refractivity contribution in [2.75, 3.05) is 6.61 Å². The molecule has 0 aliphatic rings. The SMILES string of the molecule is Cc1ccc(F)c(O)c1CCCO. The first-order chi connectivity index (χ1) is 6.16. The molecule has 0 spiro atoms. The number of halogens is 1. The first-order valence-corrected chi connectivity index (χ1v) is 4.24. The Morgan fingerprint density at radius 2 is 2.08 bits per heavy atom. The van der Waals surface area contributed by atoms with Gasteiger partial charge in [0, 0.05) is 6.61 Å². The highest BCUT2D eigenvalue weighted by molar-refractivity contribution is 5.39. The fourth-order valence-electron chi connectivity index (χ4n) is 1.28. The van der Waals surface area contributed by atoms with Crippen LogP contribution in [0.25, 0.3) is 0 Å². The van der Waals surface area contributed by atoms with Crippen LogP contribution in [0.3, 0.4) is 0 Å². The highest BCUT2D eigenvalue weighted by atomic mass is 19.1. The number of aliphatic hydroxyl groups is 1. The van der Waals surface area contributed by atoms with Crippen LogP contribution in [-0.4, -0.2) is 16.8 Å². The second-order valence-corrected chi connectivity index (χ2v) is 3.02. The third-order valence-corrected chi connectivity index (χ3v) is 2.05. The third-order valence-electron chi connectivity index (χ3n) is 2.05. The Morgan fingerprint density at radius 1 is 1.38 bits per heavy atom. The van der Waals surface area contributed by atoms with Crippen LogP contribution >= 0.6 is 0 Å². The summed E-state index contributed by atoms with van der Waals surface area (Å²) in [6.07, 6.45) is 1.05. The molecule has 0 atom stereocenters. The zero-order chi connectivity index (χ0) is 9.84. The van der Waals surface area contributed by atoms with Gasteiger partial charge in [-0.2, -0.15) is 0 Å². The summed E-state index contributed by atoms with van der Waals surface area (Å²) in [4.78, 5) is 0. The molecule has 3 heteroatoms. The Kier molecular flexibility index (Phi) is 3.25. The fourth-order valence-corrected chi connectivity index (χ4v) is 1.28. The molecular weight excluding hydrogens is 171 g/mol. The normalized spacial score (nSPS) is 10.4. The molecule has 0 aromatic heterocycles. The molecule has 0 saturated carbocycles. The summed E-state index contributed by atoms with van der Waals surface area (Å²) in [5.41, 5.74) is 1.45. The van der Waals surface area contributed by atoms with E-state index in [1.54, 1.807) is 6.07 Å². The number of phenolic OH excluding ortho intramolecular Hbond substituents is 1. The molecule has 13 heavy (non-hydrogen) atoms. The highest BCUT2D eigenvalue weighted by Crippen LogP contribution is 2.25. The zero-order valence-electron chi connectivity index (χ0n) is 7.55. The van der Waals surface area contributed by atoms with Crippen molar-refractivity contribution in [3.05, 3.63) is 29.1 Å². The van der Waals surface area contributed by atoms with E-state index in [1.807, 2.05) is 6.92 Å². The van der Waals surface area contributed by atoms with Crippen molar-refractivity contribution in [1.82, 2.24) is 0 Å². The van der Waals surface area contributed by atoms with E-state index < -0.39 is 5.82 Å².